The highest BCUT2D eigenvalue weighted by molar-refractivity contribution is 5.93. The summed E-state index contributed by atoms with van der Waals surface area (Å²) in [6.07, 6.45) is 0. The Hall–Kier alpha value is -2.82. The number of rotatable bonds is 8. The zero-order valence-electron chi connectivity index (χ0n) is 15.5. The molecule has 0 aromatic heterocycles. The van der Waals surface area contributed by atoms with Gasteiger partial charge >= 0.3 is 5.97 Å². The van der Waals surface area contributed by atoms with E-state index >= 15 is 0 Å². The first-order chi connectivity index (χ1) is 12.5. The Morgan fingerprint density at radius 2 is 1.73 bits per heavy atom. The smallest absolute Gasteiger partial charge is 0.342 e. The summed E-state index contributed by atoms with van der Waals surface area (Å²) in [4.78, 5) is 24.0. The van der Waals surface area contributed by atoms with Gasteiger partial charge < -0.3 is 14.8 Å². The lowest BCUT2D eigenvalue weighted by Crippen LogP contribution is -2.31. The molecule has 0 unspecified atom stereocenters. The normalized spacial score (nSPS) is 10.5. The average molecular weight is 355 g/mol. The Labute approximate surface area is 154 Å². The van der Waals surface area contributed by atoms with E-state index in [0.717, 1.165) is 11.1 Å². The topological polar surface area (TPSA) is 64.6 Å². The van der Waals surface area contributed by atoms with Crippen molar-refractivity contribution in [3.8, 4) is 5.75 Å². The van der Waals surface area contributed by atoms with Crippen molar-refractivity contribution in [1.82, 2.24) is 5.32 Å². The second kappa shape index (κ2) is 9.61. The van der Waals surface area contributed by atoms with Gasteiger partial charge in [-0.1, -0.05) is 50.2 Å². The highest BCUT2D eigenvalue weighted by atomic mass is 16.5. The van der Waals surface area contributed by atoms with Gasteiger partial charge in [-0.3, -0.25) is 4.79 Å². The third-order valence-electron chi connectivity index (χ3n) is 3.79. The fraction of sp³-hybridized carbons (Fsp3) is 0.333. The number of carbonyl (C=O) groups is 2. The number of benzene rings is 2. The van der Waals surface area contributed by atoms with Crippen molar-refractivity contribution in [2.75, 3.05) is 13.2 Å². The minimum Gasteiger partial charge on any atom is -0.488 e. The molecule has 0 aliphatic carbocycles. The summed E-state index contributed by atoms with van der Waals surface area (Å²) in [6.45, 7) is 6.59. The number of nitrogens with one attached hydrogen (secondary N) is 1. The third-order valence-corrected chi connectivity index (χ3v) is 3.79. The minimum absolute atomic E-state index is 0.303. The Morgan fingerprint density at radius 1 is 1.04 bits per heavy atom. The molecule has 1 amide bonds. The van der Waals surface area contributed by atoms with Crippen LogP contribution in [-0.2, 0) is 16.1 Å². The summed E-state index contributed by atoms with van der Waals surface area (Å²) in [5.41, 5.74) is 2.47. The van der Waals surface area contributed by atoms with E-state index in [-0.39, 0.29) is 12.5 Å². The first-order valence-corrected chi connectivity index (χ1v) is 8.67. The van der Waals surface area contributed by atoms with E-state index in [4.69, 9.17) is 9.47 Å². The molecule has 1 N–H and O–H groups in total. The van der Waals surface area contributed by atoms with Crippen molar-refractivity contribution < 1.29 is 19.1 Å². The van der Waals surface area contributed by atoms with Crippen molar-refractivity contribution in [2.45, 2.75) is 27.4 Å². The van der Waals surface area contributed by atoms with Gasteiger partial charge in [-0.25, -0.2) is 4.79 Å². The van der Waals surface area contributed by atoms with Crippen LogP contribution in [0.25, 0.3) is 0 Å². The highest BCUT2D eigenvalue weighted by Gasteiger charge is 2.15. The van der Waals surface area contributed by atoms with Crippen LogP contribution in [0.15, 0.2) is 48.5 Å². The second-order valence-corrected chi connectivity index (χ2v) is 6.49. The molecule has 0 aliphatic heterocycles. The zero-order valence-corrected chi connectivity index (χ0v) is 15.5. The monoisotopic (exact) mass is 355 g/mol. The standard InChI is InChI=1S/C21H25NO4/c1-15(2)12-22-20(23)14-26-21(24)18-10-6-7-11-19(18)25-13-17-9-5-4-8-16(17)3/h4-11,15H,12-14H2,1-3H3,(H,22,23). The molecule has 26 heavy (non-hydrogen) atoms. The number of esters is 1. The lowest BCUT2D eigenvalue weighted by atomic mass is 10.1. The minimum atomic E-state index is -0.579. The number of hydrogen-bond donors (Lipinski definition) is 1. The molecule has 0 bridgehead atoms. The van der Waals surface area contributed by atoms with Crippen LogP contribution >= 0.6 is 0 Å². The fourth-order valence-corrected chi connectivity index (χ4v) is 2.27. The van der Waals surface area contributed by atoms with Crippen LogP contribution < -0.4 is 10.1 Å². The SMILES string of the molecule is Cc1ccccc1COc1ccccc1C(=O)OCC(=O)NCC(C)C. The zero-order chi connectivity index (χ0) is 18.9. The van der Waals surface area contributed by atoms with Gasteiger partial charge in [0.25, 0.3) is 5.91 Å². The number of amides is 1. The first kappa shape index (κ1) is 19.5. The number of hydrogen-bond acceptors (Lipinski definition) is 4. The van der Waals surface area contributed by atoms with E-state index in [1.165, 1.54) is 0 Å². The predicted octanol–water partition coefficient (Wildman–Crippen LogP) is 3.50. The molecule has 0 saturated heterocycles. The molecule has 0 aliphatic rings. The van der Waals surface area contributed by atoms with E-state index in [0.29, 0.717) is 30.4 Å². The predicted molar refractivity (Wildman–Crippen MR) is 100 cm³/mol. The van der Waals surface area contributed by atoms with Crippen molar-refractivity contribution in [1.29, 1.82) is 0 Å². The molecule has 0 spiro atoms. The van der Waals surface area contributed by atoms with Gasteiger partial charge in [0.1, 0.15) is 17.9 Å². The van der Waals surface area contributed by atoms with E-state index in [2.05, 4.69) is 5.32 Å². The van der Waals surface area contributed by atoms with Gasteiger partial charge in [-0.2, -0.15) is 0 Å². The molecule has 138 valence electrons. The average Bonchev–Trinajstić information content (AvgIpc) is 2.64. The van der Waals surface area contributed by atoms with Gasteiger partial charge in [0.2, 0.25) is 0 Å². The molecule has 2 aromatic rings. The lowest BCUT2D eigenvalue weighted by molar-refractivity contribution is -0.124. The van der Waals surface area contributed by atoms with Crippen molar-refractivity contribution in [3.05, 3.63) is 65.2 Å². The van der Waals surface area contributed by atoms with Crippen LogP contribution in [0.2, 0.25) is 0 Å². The summed E-state index contributed by atoms with van der Waals surface area (Å²) < 4.78 is 10.9. The van der Waals surface area contributed by atoms with E-state index in [9.17, 15) is 9.59 Å². The molecule has 0 atom stereocenters. The van der Waals surface area contributed by atoms with Crippen LogP contribution in [0.4, 0.5) is 0 Å². The Kier molecular flexibility index (Phi) is 7.21. The van der Waals surface area contributed by atoms with Crippen LogP contribution in [0.3, 0.4) is 0 Å². The number of aryl methyl sites for hydroxylation is 1. The third kappa shape index (κ3) is 5.92. The Balaban J connectivity index is 1.96. The largest absolute Gasteiger partial charge is 0.488 e. The fourth-order valence-electron chi connectivity index (χ4n) is 2.27. The summed E-state index contributed by atoms with van der Waals surface area (Å²) in [6, 6.07) is 14.8. The Bertz CT molecular complexity index is 755. The molecule has 5 nitrogen and oxygen atoms in total. The molecular weight excluding hydrogens is 330 g/mol. The molecule has 2 aromatic carbocycles. The van der Waals surface area contributed by atoms with Crippen LogP contribution in [0, 0.1) is 12.8 Å². The van der Waals surface area contributed by atoms with E-state index < -0.39 is 5.97 Å². The summed E-state index contributed by atoms with van der Waals surface area (Å²) in [5, 5.41) is 2.71. The molecular formula is C21H25NO4. The number of carbonyl (C=O) groups excluding carboxylic acids is 2. The van der Waals surface area contributed by atoms with Crippen LogP contribution in [0.1, 0.15) is 35.3 Å². The van der Waals surface area contributed by atoms with Gasteiger partial charge in [0.15, 0.2) is 6.61 Å². The summed E-state index contributed by atoms with van der Waals surface area (Å²) >= 11 is 0. The molecule has 5 heteroatoms. The van der Waals surface area contributed by atoms with E-state index in [1.807, 2.05) is 45.0 Å². The van der Waals surface area contributed by atoms with E-state index in [1.54, 1.807) is 24.3 Å². The summed E-state index contributed by atoms with van der Waals surface area (Å²) in [7, 11) is 0. The lowest BCUT2D eigenvalue weighted by Gasteiger charge is -2.12. The number of ether oxygens (including phenoxy) is 2. The van der Waals surface area contributed by atoms with Crippen molar-refractivity contribution in [2.24, 2.45) is 5.92 Å². The second-order valence-electron chi connectivity index (χ2n) is 6.49. The van der Waals surface area contributed by atoms with Gasteiger partial charge in [0, 0.05) is 6.54 Å². The van der Waals surface area contributed by atoms with Gasteiger partial charge in [-0.15, -0.1) is 0 Å². The maximum Gasteiger partial charge on any atom is 0.342 e. The summed E-state index contributed by atoms with van der Waals surface area (Å²) in [5.74, 6) is -0.121. The maximum atomic E-state index is 12.3. The quantitative estimate of drug-likeness (QED) is 0.736. The Morgan fingerprint density at radius 3 is 2.46 bits per heavy atom. The van der Waals surface area contributed by atoms with Crippen LogP contribution in [-0.4, -0.2) is 25.0 Å². The van der Waals surface area contributed by atoms with Crippen molar-refractivity contribution >= 4 is 11.9 Å². The molecule has 0 radical (unpaired) electrons. The van der Waals surface area contributed by atoms with Crippen LogP contribution in [0.5, 0.6) is 5.75 Å². The number of para-hydroxylation sites is 1. The molecule has 2 rings (SSSR count). The highest BCUT2D eigenvalue weighted by Crippen LogP contribution is 2.21. The molecule has 0 heterocycles. The maximum absolute atomic E-state index is 12.3. The van der Waals surface area contributed by atoms with Gasteiger partial charge in [0.05, 0.1) is 0 Å². The molecule has 0 fully saturated rings. The van der Waals surface area contributed by atoms with Gasteiger partial charge in [-0.05, 0) is 36.1 Å². The van der Waals surface area contributed by atoms with Crippen molar-refractivity contribution in [3.63, 3.8) is 0 Å². The first-order valence-electron chi connectivity index (χ1n) is 8.67. The molecule has 0 saturated carbocycles.